The average molecular weight is 356 g/mol. The first-order valence-corrected chi connectivity index (χ1v) is 8.93. The molecule has 0 spiro atoms. The summed E-state index contributed by atoms with van der Waals surface area (Å²) in [6.07, 6.45) is 10.1. The SMILES string of the molecule is c1ccc(-c2cc(NCCCn3ccnc3)nc(-c3ccncc3)n2)cc1. The second-order valence-electron chi connectivity index (χ2n) is 6.14. The molecule has 0 atom stereocenters. The van der Waals surface area contributed by atoms with Crippen LogP contribution in [-0.4, -0.2) is 31.0 Å². The molecule has 0 fully saturated rings. The van der Waals surface area contributed by atoms with Crippen molar-refractivity contribution in [3.8, 4) is 22.6 Å². The predicted octanol–water partition coefficient (Wildman–Crippen LogP) is 3.90. The Labute approximate surface area is 158 Å². The van der Waals surface area contributed by atoms with Crippen molar-refractivity contribution in [2.24, 2.45) is 0 Å². The molecule has 0 unspecified atom stereocenters. The third-order valence-electron chi connectivity index (χ3n) is 4.19. The van der Waals surface area contributed by atoms with E-state index in [4.69, 9.17) is 9.97 Å². The Morgan fingerprint density at radius 2 is 1.70 bits per heavy atom. The first-order valence-electron chi connectivity index (χ1n) is 8.93. The summed E-state index contributed by atoms with van der Waals surface area (Å²) < 4.78 is 2.07. The molecule has 6 nitrogen and oxygen atoms in total. The van der Waals surface area contributed by atoms with E-state index in [1.807, 2.05) is 48.9 Å². The minimum Gasteiger partial charge on any atom is -0.370 e. The molecule has 0 aliphatic rings. The van der Waals surface area contributed by atoms with Crippen molar-refractivity contribution in [2.75, 3.05) is 11.9 Å². The van der Waals surface area contributed by atoms with Gasteiger partial charge in [0.1, 0.15) is 5.82 Å². The van der Waals surface area contributed by atoms with E-state index in [1.54, 1.807) is 18.6 Å². The van der Waals surface area contributed by atoms with Crippen LogP contribution in [0.4, 0.5) is 5.82 Å². The number of rotatable bonds is 7. The number of aromatic nitrogens is 5. The molecule has 3 aromatic heterocycles. The Balaban J connectivity index is 1.56. The molecule has 134 valence electrons. The van der Waals surface area contributed by atoms with E-state index in [0.717, 1.165) is 42.1 Å². The van der Waals surface area contributed by atoms with Gasteiger partial charge in [0.15, 0.2) is 5.82 Å². The van der Waals surface area contributed by atoms with Crippen LogP contribution in [0, 0.1) is 0 Å². The van der Waals surface area contributed by atoms with Crippen LogP contribution >= 0.6 is 0 Å². The molecule has 1 aromatic carbocycles. The van der Waals surface area contributed by atoms with Gasteiger partial charge in [-0.2, -0.15) is 0 Å². The number of nitrogens with one attached hydrogen (secondary N) is 1. The highest BCUT2D eigenvalue weighted by atomic mass is 15.0. The lowest BCUT2D eigenvalue weighted by Gasteiger charge is -2.11. The van der Waals surface area contributed by atoms with E-state index in [-0.39, 0.29) is 0 Å². The molecule has 0 saturated heterocycles. The van der Waals surface area contributed by atoms with Crippen LogP contribution in [-0.2, 0) is 6.54 Å². The van der Waals surface area contributed by atoms with Crippen LogP contribution in [0.2, 0.25) is 0 Å². The number of aryl methyl sites for hydroxylation is 1. The van der Waals surface area contributed by atoms with Gasteiger partial charge in [0, 0.05) is 55.1 Å². The van der Waals surface area contributed by atoms with Crippen LogP contribution in [0.15, 0.2) is 79.6 Å². The van der Waals surface area contributed by atoms with Gasteiger partial charge in [0.25, 0.3) is 0 Å². The Morgan fingerprint density at radius 3 is 2.48 bits per heavy atom. The molecule has 4 aromatic rings. The summed E-state index contributed by atoms with van der Waals surface area (Å²) >= 11 is 0. The number of anilines is 1. The van der Waals surface area contributed by atoms with E-state index in [0.29, 0.717) is 5.82 Å². The van der Waals surface area contributed by atoms with Gasteiger partial charge in [-0.15, -0.1) is 0 Å². The van der Waals surface area contributed by atoms with Crippen molar-refractivity contribution >= 4 is 5.82 Å². The van der Waals surface area contributed by atoms with Crippen molar-refractivity contribution in [3.05, 3.63) is 79.6 Å². The second-order valence-corrected chi connectivity index (χ2v) is 6.14. The highest BCUT2D eigenvalue weighted by molar-refractivity contribution is 5.67. The van der Waals surface area contributed by atoms with Crippen LogP contribution in [0.25, 0.3) is 22.6 Å². The topological polar surface area (TPSA) is 68.5 Å². The zero-order chi connectivity index (χ0) is 18.3. The molecule has 0 aliphatic heterocycles. The maximum atomic E-state index is 4.75. The fourth-order valence-electron chi connectivity index (χ4n) is 2.82. The molecule has 0 amide bonds. The Morgan fingerprint density at radius 1 is 0.852 bits per heavy atom. The summed E-state index contributed by atoms with van der Waals surface area (Å²) in [4.78, 5) is 17.6. The van der Waals surface area contributed by atoms with Gasteiger partial charge in [-0.1, -0.05) is 30.3 Å². The van der Waals surface area contributed by atoms with Crippen molar-refractivity contribution in [3.63, 3.8) is 0 Å². The number of imidazole rings is 1. The summed E-state index contributed by atoms with van der Waals surface area (Å²) in [6, 6.07) is 16.0. The lowest BCUT2D eigenvalue weighted by atomic mass is 10.1. The molecular weight excluding hydrogens is 336 g/mol. The normalized spacial score (nSPS) is 10.7. The fourth-order valence-corrected chi connectivity index (χ4v) is 2.82. The third kappa shape index (κ3) is 4.36. The fraction of sp³-hybridized carbons (Fsp3) is 0.143. The van der Waals surface area contributed by atoms with E-state index in [2.05, 4.69) is 32.0 Å². The van der Waals surface area contributed by atoms with Crippen LogP contribution in [0.5, 0.6) is 0 Å². The lowest BCUT2D eigenvalue weighted by Crippen LogP contribution is -2.08. The van der Waals surface area contributed by atoms with Gasteiger partial charge in [0.2, 0.25) is 0 Å². The van der Waals surface area contributed by atoms with Crippen LogP contribution in [0.3, 0.4) is 0 Å². The van der Waals surface area contributed by atoms with Gasteiger partial charge in [-0.25, -0.2) is 15.0 Å². The average Bonchev–Trinajstić information content (AvgIpc) is 3.26. The van der Waals surface area contributed by atoms with Gasteiger partial charge in [-0.3, -0.25) is 4.98 Å². The number of nitrogens with zero attached hydrogens (tertiary/aromatic N) is 5. The zero-order valence-electron chi connectivity index (χ0n) is 14.9. The highest BCUT2D eigenvalue weighted by Gasteiger charge is 2.08. The minimum atomic E-state index is 0.691. The quantitative estimate of drug-likeness (QED) is 0.509. The van der Waals surface area contributed by atoms with Gasteiger partial charge >= 0.3 is 0 Å². The Hall–Kier alpha value is -3.54. The number of pyridine rings is 1. The van der Waals surface area contributed by atoms with Crippen LogP contribution < -0.4 is 5.32 Å². The van der Waals surface area contributed by atoms with Crippen molar-refractivity contribution < 1.29 is 0 Å². The molecule has 0 radical (unpaired) electrons. The molecule has 27 heavy (non-hydrogen) atoms. The van der Waals surface area contributed by atoms with E-state index in [9.17, 15) is 0 Å². The number of hydrogen-bond donors (Lipinski definition) is 1. The largest absolute Gasteiger partial charge is 0.370 e. The maximum Gasteiger partial charge on any atom is 0.162 e. The summed E-state index contributed by atoms with van der Waals surface area (Å²) in [5.41, 5.74) is 2.91. The predicted molar refractivity (Wildman–Crippen MR) is 106 cm³/mol. The molecule has 6 heteroatoms. The summed E-state index contributed by atoms with van der Waals surface area (Å²) in [5, 5.41) is 3.43. The van der Waals surface area contributed by atoms with Gasteiger partial charge in [-0.05, 0) is 18.6 Å². The number of hydrogen-bond acceptors (Lipinski definition) is 5. The monoisotopic (exact) mass is 356 g/mol. The maximum absolute atomic E-state index is 4.75. The second kappa shape index (κ2) is 8.23. The van der Waals surface area contributed by atoms with Crippen molar-refractivity contribution in [1.82, 2.24) is 24.5 Å². The molecule has 0 saturated carbocycles. The van der Waals surface area contributed by atoms with E-state index in [1.165, 1.54) is 0 Å². The molecule has 0 bridgehead atoms. The van der Waals surface area contributed by atoms with Gasteiger partial charge in [0.05, 0.1) is 12.0 Å². The standard InChI is InChI=1S/C21H20N6/c1-2-5-17(6-3-1)19-15-20(24-9-4-13-27-14-12-23-16-27)26-21(25-19)18-7-10-22-11-8-18/h1-3,5-8,10-12,14-16H,4,9,13H2,(H,24,25,26). The van der Waals surface area contributed by atoms with Crippen molar-refractivity contribution in [1.29, 1.82) is 0 Å². The van der Waals surface area contributed by atoms with Gasteiger partial charge < -0.3 is 9.88 Å². The first kappa shape index (κ1) is 16.9. The van der Waals surface area contributed by atoms with E-state index >= 15 is 0 Å². The number of benzene rings is 1. The smallest absolute Gasteiger partial charge is 0.162 e. The third-order valence-corrected chi connectivity index (χ3v) is 4.19. The summed E-state index contributed by atoms with van der Waals surface area (Å²) in [5.74, 6) is 1.51. The summed E-state index contributed by atoms with van der Waals surface area (Å²) in [6.45, 7) is 1.74. The first-order chi connectivity index (χ1) is 13.4. The van der Waals surface area contributed by atoms with Crippen molar-refractivity contribution in [2.45, 2.75) is 13.0 Å². The lowest BCUT2D eigenvalue weighted by molar-refractivity contribution is 0.660. The summed E-state index contributed by atoms with van der Waals surface area (Å²) in [7, 11) is 0. The van der Waals surface area contributed by atoms with E-state index < -0.39 is 0 Å². The highest BCUT2D eigenvalue weighted by Crippen LogP contribution is 2.24. The molecule has 0 aliphatic carbocycles. The zero-order valence-corrected chi connectivity index (χ0v) is 14.9. The molecule has 4 rings (SSSR count). The Kier molecular flexibility index (Phi) is 5.15. The minimum absolute atomic E-state index is 0.691. The Bertz CT molecular complexity index is 911. The molecular formula is C21H20N6. The van der Waals surface area contributed by atoms with Crippen LogP contribution in [0.1, 0.15) is 6.42 Å². The molecule has 3 heterocycles. The molecule has 1 N–H and O–H groups in total.